The van der Waals surface area contributed by atoms with Crippen LogP contribution in [0.3, 0.4) is 0 Å². The van der Waals surface area contributed by atoms with Crippen molar-refractivity contribution in [2.75, 3.05) is 0 Å². The standard InChI is InChI=1S/C14H17F4NO2/c1-8-5-10(6-9(2)12(8)15)7-11(13(20)19-21)3-4-14(16,17)18/h5-6,11,21H,3-4,7H2,1-2H3,(H,19,20). The highest BCUT2D eigenvalue weighted by Crippen LogP contribution is 2.26. The van der Waals surface area contributed by atoms with Gasteiger partial charge >= 0.3 is 6.18 Å². The maximum absolute atomic E-state index is 13.5. The van der Waals surface area contributed by atoms with Gasteiger partial charge in [0.15, 0.2) is 0 Å². The van der Waals surface area contributed by atoms with Crippen LogP contribution in [0.25, 0.3) is 0 Å². The van der Waals surface area contributed by atoms with Gasteiger partial charge in [0.2, 0.25) is 5.91 Å². The lowest BCUT2D eigenvalue weighted by Gasteiger charge is -2.17. The summed E-state index contributed by atoms with van der Waals surface area (Å²) in [5.74, 6) is -2.28. The topological polar surface area (TPSA) is 49.3 Å². The molecule has 0 aliphatic rings. The predicted molar refractivity (Wildman–Crippen MR) is 68.3 cm³/mol. The Balaban J connectivity index is 2.88. The molecule has 0 aromatic heterocycles. The van der Waals surface area contributed by atoms with Gasteiger partial charge in [-0.15, -0.1) is 0 Å². The highest BCUT2D eigenvalue weighted by molar-refractivity contribution is 5.77. The molecule has 1 aromatic rings. The van der Waals surface area contributed by atoms with Gasteiger partial charge in [0.25, 0.3) is 0 Å². The number of halogens is 4. The van der Waals surface area contributed by atoms with Gasteiger partial charge in [-0.2, -0.15) is 13.2 Å². The number of carbonyl (C=O) groups excluding carboxylic acids is 1. The fraction of sp³-hybridized carbons (Fsp3) is 0.500. The first-order valence-electron chi connectivity index (χ1n) is 6.40. The molecular formula is C14H17F4NO2. The fourth-order valence-electron chi connectivity index (χ4n) is 2.19. The Labute approximate surface area is 119 Å². The molecule has 1 atom stereocenters. The van der Waals surface area contributed by atoms with E-state index in [2.05, 4.69) is 0 Å². The summed E-state index contributed by atoms with van der Waals surface area (Å²) in [5, 5.41) is 8.63. The first-order chi connectivity index (χ1) is 9.64. The molecule has 0 fully saturated rings. The largest absolute Gasteiger partial charge is 0.389 e. The van der Waals surface area contributed by atoms with E-state index in [1.807, 2.05) is 0 Å². The van der Waals surface area contributed by atoms with E-state index in [0.29, 0.717) is 16.7 Å². The number of aryl methyl sites for hydroxylation is 2. The van der Waals surface area contributed by atoms with Gasteiger partial charge in [-0.3, -0.25) is 10.0 Å². The second-order valence-electron chi connectivity index (χ2n) is 5.07. The van der Waals surface area contributed by atoms with Gasteiger partial charge in [0, 0.05) is 12.3 Å². The lowest BCUT2D eigenvalue weighted by Crippen LogP contribution is -2.30. The summed E-state index contributed by atoms with van der Waals surface area (Å²) in [5.41, 5.74) is 2.67. The normalized spacial score (nSPS) is 13.1. The summed E-state index contributed by atoms with van der Waals surface area (Å²) >= 11 is 0. The van der Waals surface area contributed by atoms with Crippen molar-refractivity contribution >= 4 is 5.91 Å². The first kappa shape index (κ1) is 17.4. The number of benzene rings is 1. The van der Waals surface area contributed by atoms with Crippen LogP contribution in [0.1, 0.15) is 29.5 Å². The van der Waals surface area contributed by atoms with E-state index in [-0.39, 0.29) is 12.2 Å². The van der Waals surface area contributed by atoms with E-state index >= 15 is 0 Å². The third kappa shape index (κ3) is 5.34. The molecular weight excluding hydrogens is 290 g/mol. The molecule has 0 heterocycles. The van der Waals surface area contributed by atoms with Crippen LogP contribution in [0.2, 0.25) is 0 Å². The van der Waals surface area contributed by atoms with Crippen molar-refractivity contribution in [3.05, 3.63) is 34.6 Å². The first-order valence-corrected chi connectivity index (χ1v) is 6.40. The molecule has 0 saturated carbocycles. The van der Waals surface area contributed by atoms with E-state index in [9.17, 15) is 22.4 Å². The van der Waals surface area contributed by atoms with Crippen LogP contribution < -0.4 is 5.48 Å². The van der Waals surface area contributed by atoms with E-state index in [1.165, 1.54) is 17.6 Å². The van der Waals surface area contributed by atoms with Gasteiger partial charge in [-0.25, -0.2) is 9.87 Å². The Bertz CT molecular complexity index is 491. The summed E-state index contributed by atoms with van der Waals surface area (Å²) in [6.07, 6.45) is -5.93. The molecule has 21 heavy (non-hydrogen) atoms. The van der Waals surface area contributed by atoms with Crippen molar-refractivity contribution in [3.8, 4) is 0 Å². The molecule has 0 aliphatic carbocycles. The van der Waals surface area contributed by atoms with E-state index in [4.69, 9.17) is 5.21 Å². The predicted octanol–water partition coefficient (Wildman–Crippen LogP) is 3.45. The van der Waals surface area contributed by atoms with E-state index < -0.39 is 30.8 Å². The molecule has 0 aliphatic heterocycles. The number of nitrogens with one attached hydrogen (secondary N) is 1. The lowest BCUT2D eigenvalue weighted by molar-refractivity contribution is -0.144. The molecule has 0 spiro atoms. The highest BCUT2D eigenvalue weighted by atomic mass is 19.4. The molecule has 3 nitrogen and oxygen atoms in total. The maximum Gasteiger partial charge on any atom is 0.389 e. The summed E-state index contributed by atoms with van der Waals surface area (Å²) < 4.78 is 50.3. The van der Waals surface area contributed by atoms with Crippen LogP contribution in [0.5, 0.6) is 0 Å². The Morgan fingerprint density at radius 2 is 1.81 bits per heavy atom. The maximum atomic E-state index is 13.5. The van der Waals surface area contributed by atoms with Crippen molar-refractivity contribution in [2.45, 2.75) is 39.3 Å². The second-order valence-corrected chi connectivity index (χ2v) is 5.07. The van der Waals surface area contributed by atoms with Crippen molar-refractivity contribution in [2.24, 2.45) is 5.92 Å². The number of rotatable bonds is 5. The van der Waals surface area contributed by atoms with Crippen molar-refractivity contribution < 1.29 is 27.6 Å². The SMILES string of the molecule is Cc1cc(CC(CCC(F)(F)F)C(=O)NO)cc(C)c1F. The minimum atomic E-state index is -4.37. The Kier molecular flexibility index (Phi) is 5.71. The lowest BCUT2D eigenvalue weighted by atomic mass is 9.92. The van der Waals surface area contributed by atoms with Crippen molar-refractivity contribution in [3.63, 3.8) is 0 Å². The molecule has 2 N–H and O–H groups in total. The molecule has 1 aromatic carbocycles. The summed E-state index contributed by atoms with van der Waals surface area (Å²) in [6.45, 7) is 3.09. The van der Waals surface area contributed by atoms with Crippen LogP contribution in [-0.2, 0) is 11.2 Å². The van der Waals surface area contributed by atoms with Gasteiger partial charge in [-0.05, 0) is 43.4 Å². The highest BCUT2D eigenvalue weighted by Gasteiger charge is 2.30. The fourth-order valence-corrected chi connectivity index (χ4v) is 2.19. The molecule has 1 rings (SSSR count). The zero-order chi connectivity index (χ0) is 16.2. The third-order valence-electron chi connectivity index (χ3n) is 3.24. The second kappa shape index (κ2) is 6.89. The van der Waals surface area contributed by atoms with Crippen LogP contribution >= 0.6 is 0 Å². The zero-order valence-corrected chi connectivity index (χ0v) is 11.7. The van der Waals surface area contributed by atoms with Gasteiger partial charge < -0.3 is 0 Å². The zero-order valence-electron chi connectivity index (χ0n) is 11.7. The Hall–Kier alpha value is -1.63. The van der Waals surface area contributed by atoms with Crippen LogP contribution in [-0.4, -0.2) is 17.3 Å². The molecule has 1 unspecified atom stereocenters. The average Bonchev–Trinajstić information content (AvgIpc) is 2.38. The molecule has 118 valence electrons. The number of hydroxylamine groups is 1. The molecule has 0 radical (unpaired) electrons. The summed E-state index contributed by atoms with van der Waals surface area (Å²) in [6, 6.07) is 2.99. The smallest absolute Gasteiger partial charge is 0.289 e. The summed E-state index contributed by atoms with van der Waals surface area (Å²) in [7, 11) is 0. The number of carbonyl (C=O) groups is 1. The molecule has 7 heteroatoms. The third-order valence-corrected chi connectivity index (χ3v) is 3.24. The van der Waals surface area contributed by atoms with Gasteiger partial charge in [0.1, 0.15) is 5.82 Å². The average molecular weight is 307 g/mol. The number of hydrogen-bond donors (Lipinski definition) is 2. The number of alkyl halides is 3. The van der Waals surface area contributed by atoms with Gasteiger partial charge in [-0.1, -0.05) is 12.1 Å². The molecule has 1 amide bonds. The van der Waals surface area contributed by atoms with Gasteiger partial charge in [0.05, 0.1) is 0 Å². The number of amides is 1. The minimum Gasteiger partial charge on any atom is -0.289 e. The van der Waals surface area contributed by atoms with Crippen LogP contribution in [0.15, 0.2) is 12.1 Å². The molecule has 0 bridgehead atoms. The Morgan fingerprint density at radius 1 is 1.29 bits per heavy atom. The quantitative estimate of drug-likeness (QED) is 0.497. The van der Waals surface area contributed by atoms with Crippen LogP contribution in [0, 0.1) is 25.6 Å². The minimum absolute atomic E-state index is 0.00440. The molecule has 0 saturated heterocycles. The van der Waals surface area contributed by atoms with E-state index in [1.54, 1.807) is 13.8 Å². The van der Waals surface area contributed by atoms with Crippen molar-refractivity contribution in [1.29, 1.82) is 0 Å². The summed E-state index contributed by atoms with van der Waals surface area (Å²) in [4.78, 5) is 11.5. The Morgan fingerprint density at radius 3 is 2.24 bits per heavy atom. The van der Waals surface area contributed by atoms with E-state index in [0.717, 1.165) is 0 Å². The monoisotopic (exact) mass is 307 g/mol. The van der Waals surface area contributed by atoms with Crippen LogP contribution in [0.4, 0.5) is 17.6 Å². The van der Waals surface area contributed by atoms with Crippen molar-refractivity contribution in [1.82, 2.24) is 5.48 Å². The number of hydrogen-bond acceptors (Lipinski definition) is 2.